The second-order valence-corrected chi connectivity index (χ2v) is 4.88. The van der Waals surface area contributed by atoms with Crippen LogP contribution in [0.4, 0.5) is 4.79 Å². The molecule has 0 atom stereocenters. The third kappa shape index (κ3) is 13.4. The summed E-state index contributed by atoms with van der Waals surface area (Å²) in [6, 6.07) is 0. The molecule has 0 aliphatic heterocycles. The maximum atomic E-state index is 11.5. The molecule has 0 rings (SSSR count). The monoisotopic (exact) mass is 313 g/mol. The van der Waals surface area contributed by atoms with E-state index in [1.54, 1.807) is 0 Å². The number of alkyl carbamates (subject to hydrolysis) is 1. The molecule has 0 aromatic rings. The Hall–Kier alpha value is -1.56. The van der Waals surface area contributed by atoms with Crippen LogP contribution in [0.25, 0.3) is 0 Å². The fourth-order valence-corrected chi connectivity index (χ4v) is 1.57. The fraction of sp³-hybridized carbons (Fsp3) is 0.688. The standard InChI is InChI=1S/C16H29N2O4/c1-4-12-22-16(20)18-10-8-6-7-9-15(19)17-11-13-21-14(3)5-2/h4H,1,5-13H2,2-3H3,(H,17,19)(H,18,20). The molecule has 1 radical (unpaired) electrons. The highest BCUT2D eigenvalue weighted by Crippen LogP contribution is 2.04. The van der Waals surface area contributed by atoms with Gasteiger partial charge in [0.05, 0.1) is 12.7 Å². The topological polar surface area (TPSA) is 76.7 Å². The van der Waals surface area contributed by atoms with Gasteiger partial charge in [0.25, 0.3) is 0 Å². The van der Waals surface area contributed by atoms with E-state index in [1.165, 1.54) is 6.08 Å². The van der Waals surface area contributed by atoms with Crippen LogP contribution in [0.2, 0.25) is 0 Å². The second kappa shape index (κ2) is 14.4. The molecule has 0 aliphatic rings. The third-order valence-electron chi connectivity index (χ3n) is 2.95. The van der Waals surface area contributed by atoms with Gasteiger partial charge in [-0.1, -0.05) is 26.0 Å². The van der Waals surface area contributed by atoms with Crippen molar-refractivity contribution in [1.29, 1.82) is 0 Å². The lowest BCUT2D eigenvalue weighted by Crippen LogP contribution is -2.27. The molecule has 127 valence electrons. The number of hydrogen-bond donors (Lipinski definition) is 2. The molecule has 0 spiro atoms. The Morgan fingerprint density at radius 2 is 1.86 bits per heavy atom. The van der Waals surface area contributed by atoms with Crippen LogP contribution in [0.3, 0.4) is 0 Å². The number of hydrogen-bond acceptors (Lipinski definition) is 4. The highest BCUT2D eigenvalue weighted by Gasteiger charge is 2.03. The van der Waals surface area contributed by atoms with Gasteiger partial charge >= 0.3 is 6.09 Å². The van der Waals surface area contributed by atoms with Crippen LogP contribution in [0, 0.1) is 6.10 Å². The van der Waals surface area contributed by atoms with Crippen LogP contribution >= 0.6 is 0 Å². The molecule has 0 saturated carbocycles. The lowest BCUT2D eigenvalue weighted by molar-refractivity contribution is -0.121. The quantitative estimate of drug-likeness (QED) is 0.405. The third-order valence-corrected chi connectivity index (χ3v) is 2.95. The predicted octanol–water partition coefficient (Wildman–Crippen LogP) is 2.55. The van der Waals surface area contributed by atoms with Crippen molar-refractivity contribution < 1.29 is 19.1 Å². The van der Waals surface area contributed by atoms with Crippen molar-refractivity contribution in [1.82, 2.24) is 10.6 Å². The molecule has 22 heavy (non-hydrogen) atoms. The highest BCUT2D eigenvalue weighted by atomic mass is 16.5. The Morgan fingerprint density at radius 3 is 2.55 bits per heavy atom. The summed E-state index contributed by atoms with van der Waals surface area (Å²) < 4.78 is 10.2. The number of unbranched alkanes of at least 4 members (excludes halogenated alkanes) is 2. The van der Waals surface area contributed by atoms with Crippen LogP contribution in [0.15, 0.2) is 12.7 Å². The van der Waals surface area contributed by atoms with E-state index in [-0.39, 0.29) is 12.5 Å². The van der Waals surface area contributed by atoms with Crippen molar-refractivity contribution in [2.24, 2.45) is 0 Å². The van der Waals surface area contributed by atoms with Crippen molar-refractivity contribution in [2.75, 3.05) is 26.3 Å². The average molecular weight is 313 g/mol. The Bertz CT molecular complexity index is 321. The van der Waals surface area contributed by atoms with Crippen LogP contribution < -0.4 is 10.6 Å². The van der Waals surface area contributed by atoms with E-state index >= 15 is 0 Å². The first-order valence-corrected chi connectivity index (χ1v) is 7.83. The van der Waals surface area contributed by atoms with Crippen LogP contribution in [-0.4, -0.2) is 38.3 Å². The van der Waals surface area contributed by atoms with E-state index in [4.69, 9.17) is 9.47 Å². The zero-order chi connectivity index (χ0) is 16.6. The Morgan fingerprint density at radius 1 is 1.09 bits per heavy atom. The SMILES string of the molecule is C=CCOC(=O)NCCCCCC(=O)NCCO[C](C)CC. The van der Waals surface area contributed by atoms with Gasteiger partial charge < -0.3 is 20.1 Å². The van der Waals surface area contributed by atoms with Crippen molar-refractivity contribution >= 4 is 12.0 Å². The molecule has 0 saturated heterocycles. The van der Waals surface area contributed by atoms with Crippen molar-refractivity contribution in [3.8, 4) is 0 Å². The van der Waals surface area contributed by atoms with Gasteiger partial charge in [-0.05, 0) is 26.2 Å². The van der Waals surface area contributed by atoms with Gasteiger partial charge in [0.2, 0.25) is 5.91 Å². The smallest absolute Gasteiger partial charge is 0.407 e. The first-order valence-electron chi connectivity index (χ1n) is 7.83. The van der Waals surface area contributed by atoms with E-state index in [0.29, 0.717) is 26.1 Å². The van der Waals surface area contributed by atoms with E-state index in [1.807, 2.05) is 13.8 Å². The normalized spacial score (nSPS) is 10.3. The minimum Gasteiger partial charge on any atom is -0.445 e. The number of carbonyl (C=O) groups is 2. The molecule has 0 fully saturated rings. The number of amides is 2. The number of nitrogens with one attached hydrogen (secondary N) is 2. The summed E-state index contributed by atoms with van der Waals surface area (Å²) in [5.41, 5.74) is 0. The second-order valence-electron chi connectivity index (χ2n) is 4.88. The van der Waals surface area contributed by atoms with Crippen LogP contribution in [0.5, 0.6) is 0 Å². The summed E-state index contributed by atoms with van der Waals surface area (Å²) in [6.07, 6.45) is 5.96. The molecule has 0 aliphatic carbocycles. The Balaban J connectivity index is 3.35. The number of carbonyl (C=O) groups excluding carboxylic acids is 2. The summed E-state index contributed by atoms with van der Waals surface area (Å²) in [5, 5.41) is 5.45. The molecule has 0 aromatic carbocycles. The van der Waals surface area contributed by atoms with Gasteiger partial charge in [0.1, 0.15) is 6.61 Å². The van der Waals surface area contributed by atoms with Gasteiger partial charge in [-0.15, -0.1) is 0 Å². The van der Waals surface area contributed by atoms with Crippen LogP contribution in [0.1, 0.15) is 46.0 Å². The van der Waals surface area contributed by atoms with Crippen molar-refractivity contribution in [2.45, 2.75) is 46.0 Å². The molecule has 0 aromatic heterocycles. The van der Waals surface area contributed by atoms with Gasteiger partial charge in [0.15, 0.2) is 0 Å². The summed E-state index contributed by atoms with van der Waals surface area (Å²) in [6.45, 7) is 9.24. The van der Waals surface area contributed by atoms with E-state index in [2.05, 4.69) is 17.2 Å². The van der Waals surface area contributed by atoms with Gasteiger partial charge in [-0.2, -0.15) is 0 Å². The molecular formula is C16H29N2O4. The van der Waals surface area contributed by atoms with Gasteiger partial charge in [-0.25, -0.2) is 4.79 Å². The minimum atomic E-state index is -0.433. The maximum absolute atomic E-state index is 11.5. The summed E-state index contributed by atoms with van der Waals surface area (Å²) in [5.74, 6) is 0.0381. The van der Waals surface area contributed by atoms with E-state index < -0.39 is 6.09 Å². The molecule has 0 unspecified atom stereocenters. The van der Waals surface area contributed by atoms with Crippen LogP contribution in [-0.2, 0) is 14.3 Å². The summed E-state index contributed by atoms with van der Waals surface area (Å²) in [7, 11) is 0. The maximum Gasteiger partial charge on any atom is 0.407 e. The predicted molar refractivity (Wildman–Crippen MR) is 86.2 cm³/mol. The lowest BCUT2D eigenvalue weighted by atomic mass is 10.2. The summed E-state index contributed by atoms with van der Waals surface area (Å²) >= 11 is 0. The van der Waals surface area contributed by atoms with Crippen molar-refractivity contribution in [3.05, 3.63) is 18.8 Å². The zero-order valence-electron chi connectivity index (χ0n) is 13.8. The first-order chi connectivity index (χ1) is 10.6. The summed E-state index contributed by atoms with van der Waals surface area (Å²) in [4.78, 5) is 22.6. The highest BCUT2D eigenvalue weighted by molar-refractivity contribution is 5.75. The lowest BCUT2D eigenvalue weighted by Gasteiger charge is -2.10. The molecule has 0 heterocycles. The van der Waals surface area contributed by atoms with E-state index in [9.17, 15) is 9.59 Å². The first kappa shape index (κ1) is 20.4. The van der Waals surface area contributed by atoms with Gasteiger partial charge in [0, 0.05) is 19.5 Å². The minimum absolute atomic E-state index is 0.0381. The average Bonchev–Trinajstić information content (AvgIpc) is 2.52. The van der Waals surface area contributed by atoms with Gasteiger partial charge in [-0.3, -0.25) is 4.79 Å². The van der Waals surface area contributed by atoms with Crippen molar-refractivity contribution in [3.63, 3.8) is 0 Å². The number of rotatable bonds is 13. The molecule has 6 nitrogen and oxygen atoms in total. The number of ether oxygens (including phenoxy) is 2. The van der Waals surface area contributed by atoms with E-state index in [0.717, 1.165) is 31.8 Å². The largest absolute Gasteiger partial charge is 0.445 e. The molecule has 6 heteroatoms. The molecule has 0 bridgehead atoms. The molecular weight excluding hydrogens is 284 g/mol. The Kier molecular flexibility index (Phi) is 13.4. The fourth-order valence-electron chi connectivity index (χ4n) is 1.57. The zero-order valence-corrected chi connectivity index (χ0v) is 13.8. The molecule has 2 amide bonds. The molecule has 2 N–H and O–H groups in total. The Labute approximate surface area is 133 Å².